The quantitative estimate of drug-likeness (QED) is 0.693. The van der Waals surface area contributed by atoms with Crippen molar-refractivity contribution in [1.29, 1.82) is 0 Å². The van der Waals surface area contributed by atoms with Gasteiger partial charge in [0.2, 0.25) is 5.95 Å². The fraction of sp³-hybridized carbons (Fsp3) is 0.429. The number of carbonyl (C=O) groups is 1. The highest BCUT2D eigenvalue weighted by molar-refractivity contribution is 5.86. The number of rotatable bonds is 3. The van der Waals surface area contributed by atoms with Crippen molar-refractivity contribution in [1.82, 2.24) is 9.55 Å². The molecule has 0 fully saturated rings. The first-order valence-electron chi connectivity index (χ1n) is 3.65. The molecule has 0 saturated heterocycles. The van der Waals surface area contributed by atoms with E-state index in [-0.39, 0.29) is 5.69 Å². The fourth-order valence-corrected chi connectivity index (χ4v) is 0.931. The Balaban J connectivity index is 2.96. The SMILES string of the molecule is CCNc1ncc(C(=O)O)n1C. The van der Waals surface area contributed by atoms with Gasteiger partial charge in [0.05, 0.1) is 6.20 Å². The van der Waals surface area contributed by atoms with Gasteiger partial charge in [0.25, 0.3) is 0 Å². The molecule has 0 aliphatic rings. The van der Waals surface area contributed by atoms with E-state index in [1.54, 1.807) is 7.05 Å². The number of nitrogens with one attached hydrogen (secondary N) is 1. The Kier molecular flexibility index (Phi) is 2.32. The van der Waals surface area contributed by atoms with Gasteiger partial charge in [-0.25, -0.2) is 9.78 Å². The van der Waals surface area contributed by atoms with Crippen molar-refractivity contribution in [3.05, 3.63) is 11.9 Å². The highest BCUT2D eigenvalue weighted by Crippen LogP contribution is 2.06. The summed E-state index contributed by atoms with van der Waals surface area (Å²) in [7, 11) is 1.66. The molecule has 0 aromatic carbocycles. The van der Waals surface area contributed by atoms with Crippen LogP contribution in [0.5, 0.6) is 0 Å². The summed E-state index contributed by atoms with van der Waals surface area (Å²) in [5.74, 6) is -0.385. The number of carboxylic acids is 1. The van der Waals surface area contributed by atoms with Gasteiger partial charge in [0.15, 0.2) is 0 Å². The van der Waals surface area contributed by atoms with Crippen LogP contribution >= 0.6 is 0 Å². The predicted octanol–water partition coefficient (Wildman–Crippen LogP) is 0.550. The van der Waals surface area contributed by atoms with Crippen LogP contribution in [0.15, 0.2) is 6.20 Å². The Labute approximate surface area is 70.0 Å². The maximum atomic E-state index is 10.6. The van der Waals surface area contributed by atoms with E-state index in [1.807, 2.05) is 6.92 Å². The average Bonchev–Trinajstić information content (AvgIpc) is 2.34. The van der Waals surface area contributed by atoms with E-state index >= 15 is 0 Å². The second kappa shape index (κ2) is 3.25. The zero-order valence-corrected chi connectivity index (χ0v) is 7.03. The predicted molar refractivity (Wildman–Crippen MR) is 44.3 cm³/mol. The Hall–Kier alpha value is -1.52. The lowest BCUT2D eigenvalue weighted by molar-refractivity contribution is 0.0686. The van der Waals surface area contributed by atoms with Crippen molar-refractivity contribution >= 4 is 11.9 Å². The molecule has 0 spiro atoms. The third-order valence-corrected chi connectivity index (χ3v) is 1.54. The smallest absolute Gasteiger partial charge is 0.354 e. The minimum Gasteiger partial charge on any atom is -0.477 e. The lowest BCUT2D eigenvalue weighted by Gasteiger charge is -2.02. The summed E-state index contributed by atoms with van der Waals surface area (Å²) in [6, 6.07) is 0. The van der Waals surface area contributed by atoms with E-state index < -0.39 is 5.97 Å². The molecule has 0 unspecified atom stereocenters. The Morgan fingerprint density at radius 2 is 2.50 bits per heavy atom. The van der Waals surface area contributed by atoms with Crippen molar-refractivity contribution in [2.75, 3.05) is 11.9 Å². The van der Waals surface area contributed by atoms with E-state index in [2.05, 4.69) is 10.3 Å². The largest absolute Gasteiger partial charge is 0.477 e. The van der Waals surface area contributed by atoms with E-state index in [1.165, 1.54) is 10.8 Å². The number of imidazole rings is 1. The molecule has 2 N–H and O–H groups in total. The van der Waals surface area contributed by atoms with Gasteiger partial charge in [-0.15, -0.1) is 0 Å². The molecule has 0 saturated carbocycles. The van der Waals surface area contributed by atoms with Crippen molar-refractivity contribution < 1.29 is 9.90 Å². The lowest BCUT2D eigenvalue weighted by atomic mass is 10.5. The molecule has 5 nitrogen and oxygen atoms in total. The molecule has 0 atom stereocenters. The standard InChI is InChI=1S/C7H11N3O2/c1-3-8-7-9-4-5(6(11)12)10(7)2/h4H,3H2,1-2H3,(H,8,9)(H,11,12). The van der Waals surface area contributed by atoms with Gasteiger partial charge in [-0.3, -0.25) is 0 Å². The molecule has 0 amide bonds. The number of carboxylic acid groups (broad SMARTS) is 1. The number of aromatic nitrogens is 2. The van der Waals surface area contributed by atoms with E-state index in [0.717, 1.165) is 6.54 Å². The van der Waals surface area contributed by atoms with Crippen LogP contribution in [0.4, 0.5) is 5.95 Å². The first-order valence-corrected chi connectivity index (χ1v) is 3.65. The summed E-state index contributed by atoms with van der Waals surface area (Å²) in [5.41, 5.74) is 0.186. The van der Waals surface area contributed by atoms with Gasteiger partial charge in [-0.1, -0.05) is 0 Å². The van der Waals surface area contributed by atoms with Crippen LogP contribution in [0.3, 0.4) is 0 Å². The number of anilines is 1. The van der Waals surface area contributed by atoms with Crippen LogP contribution in [-0.2, 0) is 7.05 Å². The van der Waals surface area contributed by atoms with Crippen LogP contribution in [0.2, 0.25) is 0 Å². The molecule has 66 valence electrons. The molecule has 0 aliphatic carbocycles. The minimum atomic E-state index is -0.964. The van der Waals surface area contributed by atoms with Crippen LogP contribution in [0, 0.1) is 0 Å². The van der Waals surface area contributed by atoms with Gasteiger partial charge < -0.3 is 15.0 Å². The monoisotopic (exact) mass is 169 g/mol. The average molecular weight is 169 g/mol. The van der Waals surface area contributed by atoms with Crippen molar-refractivity contribution in [2.45, 2.75) is 6.92 Å². The van der Waals surface area contributed by atoms with Gasteiger partial charge in [0, 0.05) is 13.6 Å². The van der Waals surface area contributed by atoms with Crippen molar-refractivity contribution in [2.24, 2.45) is 7.05 Å². The number of aromatic carboxylic acids is 1. The normalized spacial score (nSPS) is 9.83. The highest BCUT2D eigenvalue weighted by Gasteiger charge is 2.10. The molecular weight excluding hydrogens is 158 g/mol. The number of nitrogens with zero attached hydrogens (tertiary/aromatic N) is 2. The van der Waals surface area contributed by atoms with Crippen LogP contribution in [-0.4, -0.2) is 27.2 Å². The molecule has 0 aliphatic heterocycles. The van der Waals surface area contributed by atoms with Crippen LogP contribution in [0.1, 0.15) is 17.4 Å². The van der Waals surface area contributed by atoms with Gasteiger partial charge >= 0.3 is 5.97 Å². The molecule has 1 rings (SSSR count). The summed E-state index contributed by atoms with van der Waals surface area (Å²) in [6.07, 6.45) is 1.33. The first-order chi connectivity index (χ1) is 5.66. The first kappa shape index (κ1) is 8.58. The Morgan fingerprint density at radius 3 is 2.92 bits per heavy atom. The molecule has 12 heavy (non-hydrogen) atoms. The topological polar surface area (TPSA) is 67.2 Å². The van der Waals surface area contributed by atoms with E-state index in [9.17, 15) is 4.79 Å². The van der Waals surface area contributed by atoms with Gasteiger partial charge in [0.1, 0.15) is 5.69 Å². The lowest BCUT2D eigenvalue weighted by Crippen LogP contribution is -2.08. The maximum Gasteiger partial charge on any atom is 0.354 e. The highest BCUT2D eigenvalue weighted by atomic mass is 16.4. The fourth-order valence-electron chi connectivity index (χ4n) is 0.931. The molecule has 5 heteroatoms. The summed E-state index contributed by atoms with van der Waals surface area (Å²) < 4.78 is 1.51. The molecule has 0 radical (unpaired) electrons. The maximum absolute atomic E-state index is 10.6. The zero-order valence-electron chi connectivity index (χ0n) is 7.03. The minimum absolute atomic E-state index is 0.186. The summed E-state index contributed by atoms with van der Waals surface area (Å²) in [6.45, 7) is 2.65. The number of hydrogen-bond acceptors (Lipinski definition) is 3. The van der Waals surface area contributed by atoms with Crippen molar-refractivity contribution in [3.8, 4) is 0 Å². The van der Waals surface area contributed by atoms with E-state index in [0.29, 0.717) is 5.95 Å². The second-order valence-corrected chi connectivity index (χ2v) is 2.36. The number of hydrogen-bond donors (Lipinski definition) is 2. The third kappa shape index (κ3) is 1.39. The zero-order chi connectivity index (χ0) is 9.14. The molecule has 1 aromatic heterocycles. The van der Waals surface area contributed by atoms with Gasteiger partial charge in [-0.2, -0.15) is 0 Å². The molecule has 1 aromatic rings. The second-order valence-electron chi connectivity index (χ2n) is 2.36. The summed E-state index contributed by atoms with van der Waals surface area (Å²) >= 11 is 0. The third-order valence-electron chi connectivity index (χ3n) is 1.54. The van der Waals surface area contributed by atoms with Crippen LogP contribution < -0.4 is 5.32 Å². The Bertz CT molecular complexity index is 293. The van der Waals surface area contributed by atoms with Gasteiger partial charge in [-0.05, 0) is 6.92 Å². The van der Waals surface area contributed by atoms with Crippen LogP contribution in [0.25, 0.3) is 0 Å². The summed E-state index contributed by atoms with van der Waals surface area (Å²) in [4.78, 5) is 14.4. The summed E-state index contributed by atoms with van der Waals surface area (Å²) in [5, 5.41) is 11.6. The molecular formula is C7H11N3O2. The Morgan fingerprint density at radius 1 is 1.83 bits per heavy atom. The van der Waals surface area contributed by atoms with E-state index in [4.69, 9.17) is 5.11 Å². The van der Waals surface area contributed by atoms with Crippen molar-refractivity contribution in [3.63, 3.8) is 0 Å². The molecule has 0 bridgehead atoms. The molecule has 1 heterocycles.